The summed E-state index contributed by atoms with van der Waals surface area (Å²) in [4.78, 5) is 12.8. The van der Waals surface area contributed by atoms with E-state index in [4.69, 9.17) is 11.6 Å². The number of carbonyl (C=O) groups excluding carboxylic acids is 1. The van der Waals surface area contributed by atoms with Gasteiger partial charge in [-0.05, 0) is 30.7 Å². The molecule has 2 heteroatoms. The summed E-state index contributed by atoms with van der Waals surface area (Å²) in [7, 11) is 0. The van der Waals surface area contributed by atoms with Crippen molar-refractivity contribution in [3.8, 4) is 0 Å². The second-order valence-electron chi connectivity index (χ2n) is 5.72. The van der Waals surface area contributed by atoms with E-state index in [1.165, 1.54) is 32.1 Å². The fourth-order valence-corrected chi connectivity index (χ4v) is 3.38. The fraction of sp³-hybridized carbons (Fsp3) is 0.500. The van der Waals surface area contributed by atoms with Gasteiger partial charge in [-0.15, -0.1) is 18.2 Å². The summed E-state index contributed by atoms with van der Waals surface area (Å²) >= 11 is 5.79. The molecule has 20 heavy (non-hydrogen) atoms. The third kappa shape index (κ3) is 3.73. The van der Waals surface area contributed by atoms with E-state index in [-0.39, 0.29) is 11.7 Å². The van der Waals surface area contributed by atoms with Gasteiger partial charge >= 0.3 is 0 Å². The summed E-state index contributed by atoms with van der Waals surface area (Å²) in [5.41, 5.74) is 1.87. The number of alkyl halides is 1. The molecule has 0 bridgehead atoms. The van der Waals surface area contributed by atoms with Gasteiger partial charge in [-0.3, -0.25) is 4.79 Å². The van der Waals surface area contributed by atoms with Gasteiger partial charge in [-0.2, -0.15) is 0 Å². The van der Waals surface area contributed by atoms with Gasteiger partial charge in [0.05, 0.1) is 0 Å². The minimum atomic E-state index is 0.106. The number of carbonyl (C=O) groups is 1. The maximum atomic E-state index is 12.8. The van der Waals surface area contributed by atoms with Crippen LogP contribution in [-0.4, -0.2) is 5.78 Å². The van der Waals surface area contributed by atoms with Gasteiger partial charge in [0.2, 0.25) is 0 Å². The molecular formula is C18H23ClO. The maximum absolute atomic E-state index is 12.8. The highest BCUT2D eigenvalue weighted by molar-refractivity contribution is 6.17. The minimum Gasteiger partial charge on any atom is -0.294 e. The first-order chi connectivity index (χ1) is 9.76. The molecule has 1 atom stereocenters. The van der Waals surface area contributed by atoms with Crippen molar-refractivity contribution in [2.45, 2.75) is 44.4 Å². The number of hydrogen-bond acceptors (Lipinski definition) is 1. The second kappa shape index (κ2) is 7.64. The topological polar surface area (TPSA) is 17.1 Å². The standard InChI is InChI=1S/C18H23ClO/c1-2-6-17(15-7-4-3-5-8-15)18(20)16-11-9-14(13-19)10-12-16/h2,9-12,15,17H,1,3-8,13H2. The maximum Gasteiger partial charge on any atom is 0.166 e. The molecule has 0 aliphatic heterocycles. The zero-order chi connectivity index (χ0) is 14.4. The first-order valence-corrected chi connectivity index (χ1v) is 8.09. The first-order valence-electron chi connectivity index (χ1n) is 7.56. The fourth-order valence-electron chi connectivity index (χ4n) is 3.20. The number of allylic oxidation sites excluding steroid dienone is 1. The Hall–Kier alpha value is -1.08. The Balaban J connectivity index is 2.14. The summed E-state index contributed by atoms with van der Waals surface area (Å²) < 4.78 is 0. The highest BCUT2D eigenvalue weighted by Crippen LogP contribution is 2.34. The SMILES string of the molecule is C=CCC(C(=O)c1ccc(CCl)cc1)C1CCCCC1. The van der Waals surface area contributed by atoms with Gasteiger partial charge in [-0.1, -0.05) is 49.6 Å². The molecule has 1 unspecified atom stereocenters. The lowest BCUT2D eigenvalue weighted by Gasteiger charge is -2.28. The molecular weight excluding hydrogens is 268 g/mol. The zero-order valence-corrected chi connectivity index (χ0v) is 12.7. The molecule has 0 saturated heterocycles. The van der Waals surface area contributed by atoms with Gasteiger partial charge in [0, 0.05) is 17.4 Å². The average Bonchev–Trinajstić information content (AvgIpc) is 2.53. The first kappa shape index (κ1) is 15.3. The van der Waals surface area contributed by atoms with E-state index in [2.05, 4.69) is 6.58 Å². The molecule has 1 aromatic carbocycles. The summed E-state index contributed by atoms with van der Waals surface area (Å²) in [6, 6.07) is 7.73. The Morgan fingerprint density at radius 2 is 1.90 bits per heavy atom. The zero-order valence-electron chi connectivity index (χ0n) is 12.0. The van der Waals surface area contributed by atoms with Gasteiger partial charge < -0.3 is 0 Å². The largest absolute Gasteiger partial charge is 0.294 e. The van der Waals surface area contributed by atoms with Gasteiger partial charge in [0.15, 0.2) is 5.78 Å². The van der Waals surface area contributed by atoms with Crippen LogP contribution in [0.3, 0.4) is 0 Å². The predicted molar refractivity (Wildman–Crippen MR) is 85.2 cm³/mol. The Morgan fingerprint density at radius 3 is 2.45 bits per heavy atom. The van der Waals surface area contributed by atoms with Gasteiger partial charge in [-0.25, -0.2) is 0 Å². The molecule has 1 fully saturated rings. The molecule has 0 spiro atoms. The number of rotatable bonds is 6. The Kier molecular flexibility index (Phi) is 5.85. The van der Waals surface area contributed by atoms with Crippen LogP contribution in [0.1, 0.15) is 54.4 Å². The third-order valence-electron chi connectivity index (χ3n) is 4.37. The average molecular weight is 291 g/mol. The van der Waals surface area contributed by atoms with Crippen LogP contribution in [0.15, 0.2) is 36.9 Å². The lowest BCUT2D eigenvalue weighted by atomic mass is 9.75. The van der Waals surface area contributed by atoms with E-state index in [1.54, 1.807) is 0 Å². The van der Waals surface area contributed by atoms with Crippen molar-refractivity contribution in [2.75, 3.05) is 0 Å². The molecule has 2 rings (SSSR count). The molecule has 1 nitrogen and oxygen atoms in total. The third-order valence-corrected chi connectivity index (χ3v) is 4.68. The molecule has 0 radical (unpaired) electrons. The molecule has 1 aliphatic rings. The summed E-state index contributed by atoms with van der Waals surface area (Å²) in [5.74, 6) is 1.40. The van der Waals surface area contributed by atoms with Crippen molar-refractivity contribution in [3.63, 3.8) is 0 Å². The molecule has 0 N–H and O–H groups in total. The lowest BCUT2D eigenvalue weighted by Crippen LogP contribution is -2.25. The van der Waals surface area contributed by atoms with E-state index in [1.807, 2.05) is 30.3 Å². The van der Waals surface area contributed by atoms with E-state index in [9.17, 15) is 4.79 Å². The van der Waals surface area contributed by atoms with Crippen LogP contribution in [0.2, 0.25) is 0 Å². The van der Waals surface area contributed by atoms with Crippen LogP contribution in [0.5, 0.6) is 0 Å². The highest BCUT2D eigenvalue weighted by atomic mass is 35.5. The van der Waals surface area contributed by atoms with Crippen molar-refractivity contribution in [1.29, 1.82) is 0 Å². The van der Waals surface area contributed by atoms with Gasteiger partial charge in [0.1, 0.15) is 0 Å². The summed E-state index contributed by atoms with van der Waals surface area (Å²) in [6.45, 7) is 3.83. The van der Waals surface area contributed by atoms with Crippen LogP contribution >= 0.6 is 11.6 Å². The normalized spacial score (nSPS) is 17.6. The van der Waals surface area contributed by atoms with E-state index < -0.39 is 0 Å². The van der Waals surface area contributed by atoms with Crippen molar-refractivity contribution in [2.24, 2.45) is 11.8 Å². The smallest absolute Gasteiger partial charge is 0.166 e. The molecule has 108 valence electrons. The van der Waals surface area contributed by atoms with Gasteiger partial charge in [0.25, 0.3) is 0 Å². The molecule has 0 heterocycles. The van der Waals surface area contributed by atoms with E-state index in [0.29, 0.717) is 11.8 Å². The predicted octanol–water partition coefficient (Wildman–Crippen LogP) is 5.38. The van der Waals surface area contributed by atoms with Crippen LogP contribution in [-0.2, 0) is 5.88 Å². The number of benzene rings is 1. The summed E-state index contributed by atoms with van der Waals surface area (Å²) in [5, 5.41) is 0. The molecule has 0 amide bonds. The quantitative estimate of drug-likeness (QED) is 0.390. The highest BCUT2D eigenvalue weighted by Gasteiger charge is 2.28. The summed E-state index contributed by atoms with van der Waals surface area (Å²) in [6.07, 6.45) is 8.89. The number of hydrogen-bond donors (Lipinski definition) is 0. The van der Waals surface area contributed by atoms with Crippen LogP contribution in [0.25, 0.3) is 0 Å². The molecule has 0 aromatic heterocycles. The second-order valence-corrected chi connectivity index (χ2v) is 5.99. The van der Waals surface area contributed by atoms with Crippen LogP contribution in [0, 0.1) is 11.8 Å². The Bertz CT molecular complexity index is 443. The van der Waals surface area contributed by atoms with E-state index >= 15 is 0 Å². The van der Waals surface area contributed by atoms with Crippen LogP contribution < -0.4 is 0 Å². The van der Waals surface area contributed by atoms with Crippen molar-refractivity contribution >= 4 is 17.4 Å². The molecule has 1 aliphatic carbocycles. The molecule has 1 saturated carbocycles. The Morgan fingerprint density at radius 1 is 1.25 bits per heavy atom. The van der Waals surface area contributed by atoms with Crippen molar-refractivity contribution < 1.29 is 4.79 Å². The number of ketones is 1. The van der Waals surface area contributed by atoms with Crippen LogP contribution in [0.4, 0.5) is 0 Å². The lowest BCUT2D eigenvalue weighted by molar-refractivity contribution is 0.0847. The van der Waals surface area contributed by atoms with Crippen molar-refractivity contribution in [1.82, 2.24) is 0 Å². The Labute approximate surface area is 127 Å². The number of halogens is 1. The van der Waals surface area contributed by atoms with Crippen molar-refractivity contribution in [3.05, 3.63) is 48.0 Å². The monoisotopic (exact) mass is 290 g/mol. The minimum absolute atomic E-state index is 0.106. The molecule has 1 aromatic rings. The number of Topliss-reactive ketones (excluding diaryl/α,β-unsaturated/α-hetero) is 1. The van der Waals surface area contributed by atoms with E-state index in [0.717, 1.165) is 17.5 Å².